The van der Waals surface area contributed by atoms with Crippen LogP contribution in [0, 0.1) is 15.9 Å². The van der Waals surface area contributed by atoms with Crippen molar-refractivity contribution in [2.24, 2.45) is 0 Å². The first-order chi connectivity index (χ1) is 9.99. The van der Waals surface area contributed by atoms with Crippen molar-refractivity contribution in [1.82, 2.24) is 0 Å². The second-order valence-corrected chi connectivity index (χ2v) is 4.19. The zero-order valence-corrected chi connectivity index (χ0v) is 10.7. The lowest BCUT2D eigenvalue weighted by molar-refractivity contribution is -0.385. The zero-order chi connectivity index (χ0) is 15.4. The van der Waals surface area contributed by atoms with Gasteiger partial charge in [-0.05, 0) is 29.8 Å². The van der Waals surface area contributed by atoms with Gasteiger partial charge in [0.05, 0.1) is 16.1 Å². The van der Waals surface area contributed by atoms with Crippen molar-refractivity contribution in [2.75, 3.05) is 0 Å². The summed E-state index contributed by atoms with van der Waals surface area (Å²) in [6.45, 7) is 0. The van der Waals surface area contributed by atoms with E-state index in [1.807, 2.05) is 0 Å². The standard InChI is InChI=1S/C15H10FNO4/c16-11-7-4-10(5-8-11)6-9-12-13(15(18)19)2-1-3-14(12)17(20)21/h1-9H,(H,18,19)/b9-6+. The molecule has 0 saturated heterocycles. The zero-order valence-electron chi connectivity index (χ0n) is 10.7. The van der Waals surface area contributed by atoms with E-state index in [-0.39, 0.29) is 16.8 Å². The van der Waals surface area contributed by atoms with Crippen LogP contribution in [-0.2, 0) is 0 Å². The second kappa shape index (κ2) is 5.96. The number of nitrogens with zero attached hydrogens (tertiary/aromatic N) is 1. The molecule has 0 atom stereocenters. The van der Waals surface area contributed by atoms with Gasteiger partial charge in [0.15, 0.2) is 0 Å². The summed E-state index contributed by atoms with van der Waals surface area (Å²) >= 11 is 0. The third-order valence-corrected chi connectivity index (χ3v) is 2.82. The van der Waals surface area contributed by atoms with Gasteiger partial charge in [0.25, 0.3) is 5.69 Å². The van der Waals surface area contributed by atoms with E-state index in [2.05, 4.69) is 0 Å². The van der Waals surface area contributed by atoms with Crippen LogP contribution in [0.15, 0.2) is 42.5 Å². The van der Waals surface area contributed by atoms with Gasteiger partial charge in [-0.15, -0.1) is 0 Å². The Kier molecular flexibility index (Phi) is 4.08. The van der Waals surface area contributed by atoms with Crippen LogP contribution >= 0.6 is 0 Å². The van der Waals surface area contributed by atoms with Gasteiger partial charge in [-0.3, -0.25) is 10.1 Å². The summed E-state index contributed by atoms with van der Waals surface area (Å²) in [6.07, 6.45) is 2.84. The molecule has 1 N–H and O–H groups in total. The molecule has 0 saturated carbocycles. The fourth-order valence-corrected chi connectivity index (χ4v) is 1.83. The van der Waals surface area contributed by atoms with Gasteiger partial charge in [0.2, 0.25) is 0 Å². The minimum Gasteiger partial charge on any atom is -0.478 e. The van der Waals surface area contributed by atoms with E-state index in [0.29, 0.717) is 5.56 Å². The largest absolute Gasteiger partial charge is 0.478 e. The van der Waals surface area contributed by atoms with E-state index in [4.69, 9.17) is 5.11 Å². The average molecular weight is 287 g/mol. The van der Waals surface area contributed by atoms with Gasteiger partial charge in [0.1, 0.15) is 5.82 Å². The first-order valence-electron chi connectivity index (χ1n) is 5.93. The number of benzene rings is 2. The Morgan fingerprint density at radius 2 is 1.81 bits per heavy atom. The number of aromatic carboxylic acids is 1. The number of rotatable bonds is 4. The van der Waals surface area contributed by atoms with Crippen LogP contribution < -0.4 is 0 Å². The van der Waals surface area contributed by atoms with Crippen molar-refractivity contribution < 1.29 is 19.2 Å². The van der Waals surface area contributed by atoms with Crippen LogP contribution in [-0.4, -0.2) is 16.0 Å². The Morgan fingerprint density at radius 1 is 1.14 bits per heavy atom. The molecule has 0 heterocycles. The Balaban J connectivity index is 2.48. The second-order valence-electron chi connectivity index (χ2n) is 4.19. The Bertz CT molecular complexity index is 691. The summed E-state index contributed by atoms with van der Waals surface area (Å²) in [5.74, 6) is -1.65. The highest BCUT2D eigenvalue weighted by molar-refractivity contribution is 5.95. The molecule has 0 aromatic heterocycles. The molecular formula is C15H10FNO4. The third-order valence-electron chi connectivity index (χ3n) is 2.82. The number of hydrogen-bond acceptors (Lipinski definition) is 3. The molecule has 0 unspecified atom stereocenters. The molecule has 0 aliphatic heterocycles. The first-order valence-corrected chi connectivity index (χ1v) is 5.93. The molecule has 0 aliphatic carbocycles. The van der Waals surface area contributed by atoms with Gasteiger partial charge in [-0.25, -0.2) is 9.18 Å². The maximum atomic E-state index is 12.8. The fraction of sp³-hybridized carbons (Fsp3) is 0. The minimum absolute atomic E-state index is 0.000625. The Labute approximate surface area is 119 Å². The van der Waals surface area contributed by atoms with Crippen molar-refractivity contribution in [3.63, 3.8) is 0 Å². The number of nitro groups is 1. The Hall–Kier alpha value is -3.02. The lowest BCUT2D eigenvalue weighted by Gasteiger charge is -2.02. The van der Waals surface area contributed by atoms with Gasteiger partial charge in [0, 0.05) is 6.07 Å². The molecule has 0 fully saturated rings. The number of hydrogen-bond donors (Lipinski definition) is 1. The van der Waals surface area contributed by atoms with Crippen molar-refractivity contribution >= 4 is 23.8 Å². The third kappa shape index (κ3) is 3.30. The molecular weight excluding hydrogens is 277 g/mol. The van der Waals surface area contributed by atoms with Crippen LogP contribution in [0.3, 0.4) is 0 Å². The summed E-state index contributed by atoms with van der Waals surface area (Å²) in [4.78, 5) is 21.5. The van der Waals surface area contributed by atoms with Crippen LogP contribution in [0.4, 0.5) is 10.1 Å². The highest BCUT2D eigenvalue weighted by Crippen LogP contribution is 2.25. The molecule has 2 aromatic rings. The molecule has 5 nitrogen and oxygen atoms in total. The quantitative estimate of drug-likeness (QED) is 0.529. The summed E-state index contributed by atoms with van der Waals surface area (Å²) in [6, 6.07) is 9.31. The Morgan fingerprint density at radius 3 is 2.38 bits per heavy atom. The predicted molar refractivity (Wildman–Crippen MR) is 75.4 cm³/mol. The highest BCUT2D eigenvalue weighted by Gasteiger charge is 2.18. The van der Waals surface area contributed by atoms with Crippen LogP contribution in [0.5, 0.6) is 0 Å². The SMILES string of the molecule is O=C(O)c1cccc([N+](=O)[O-])c1/C=C/c1ccc(F)cc1. The van der Waals surface area contributed by atoms with Crippen molar-refractivity contribution in [3.05, 3.63) is 75.1 Å². The molecule has 2 aromatic carbocycles. The summed E-state index contributed by atoms with van der Waals surface area (Å²) < 4.78 is 12.8. The summed E-state index contributed by atoms with van der Waals surface area (Å²) in [5, 5.41) is 20.1. The highest BCUT2D eigenvalue weighted by atomic mass is 19.1. The molecule has 106 valence electrons. The van der Waals surface area contributed by atoms with Crippen LogP contribution in [0.2, 0.25) is 0 Å². The van der Waals surface area contributed by atoms with Crippen molar-refractivity contribution in [1.29, 1.82) is 0 Å². The van der Waals surface area contributed by atoms with Gasteiger partial charge < -0.3 is 5.11 Å². The lowest BCUT2D eigenvalue weighted by atomic mass is 10.0. The van der Waals surface area contributed by atoms with E-state index in [1.165, 1.54) is 54.6 Å². The molecule has 0 radical (unpaired) electrons. The minimum atomic E-state index is -1.25. The first kappa shape index (κ1) is 14.4. The van der Waals surface area contributed by atoms with Crippen molar-refractivity contribution in [2.45, 2.75) is 0 Å². The van der Waals surface area contributed by atoms with E-state index >= 15 is 0 Å². The monoisotopic (exact) mass is 287 g/mol. The van der Waals surface area contributed by atoms with E-state index < -0.39 is 16.7 Å². The molecule has 21 heavy (non-hydrogen) atoms. The molecule has 2 rings (SSSR count). The van der Waals surface area contributed by atoms with Crippen LogP contribution in [0.1, 0.15) is 21.5 Å². The number of carbonyl (C=O) groups is 1. The lowest BCUT2D eigenvalue weighted by Crippen LogP contribution is -2.02. The summed E-state index contributed by atoms with van der Waals surface area (Å²) in [5.41, 5.74) is 0.140. The normalized spacial score (nSPS) is 10.7. The van der Waals surface area contributed by atoms with Gasteiger partial charge >= 0.3 is 5.97 Å². The van der Waals surface area contributed by atoms with Gasteiger partial charge in [-0.1, -0.05) is 24.3 Å². The number of halogens is 1. The van der Waals surface area contributed by atoms with Crippen LogP contribution in [0.25, 0.3) is 12.2 Å². The summed E-state index contributed by atoms with van der Waals surface area (Å²) in [7, 11) is 0. The van der Waals surface area contributed by atoms with Gasteiger partial charge in [-0.2, -0.15) is 0 Å². The van der Waals surface area contributed by atoms with E-state index in [0.717, 1.165) is 0 Å². The van der Waals surface area contributed by atoms with Crippen molar-refractivity contribution in [3.8, 4) is 0 Å². The smallest absolute Gasteiger partial charge is 0.336 e. The maximum absolute atomic E-state index is 12.8. The number of carboxylic acid groups (broad SMARTS) is 1. The topological polar surface area (TPSA) is 80.4 Å². The average Bonchev–Trinajstić information content (AvgIpc) is 2.46. The van der Waals surface area contributed by atoms with E-state index in [1.54, 1.807) is 0 Å². The predicted octanol–water partition coefficient (Wildman–Crippen LogP) is 3.60. The number of carboxylic acids is 1. The molecule has 6 heteroatoms. The molecule has 0 spiro atoms. The molecule has 0 amide bonds. The van der Waals surface area contributed by atoms with E-state index in [9.17, 15) is 19.3 Å². The number of nitro benzene ring substituents is 1. The maximum Gasteiger partial charge on any atom is 0.336 e. The molecule has 0 aliphatic rings. The molecule has 0 bridgehead atoms. The fourth-order valence-electron chi connectivity index (χ4n) is 1.83.